The fraction of sp³-hybridized carbons (Fsp3) is 1.00. The van der Waals surface area contributed by atoms with Crippen LogP contribution in [0.3, 0.4) is 0 Å². The Morgan fingerprint density at radius 3 is 2.50 bits per heavy atom. The molecule has 0 saturated heterocycles. The standard InChI is InChI=1S/C13H27NO3S/c1-12(8-10-18(14,15)16)7-9-17-11-13-5-3-2-4-6-13/h12-13H,2-11H2,1H3,(H2,14,15,16). The van der Waals surface area contributed by atoms with Crippen molar-refractivity contribution in [3.8, 4) is 0 Å². The van der Waals surface area contributed by atoms with Crippen molar-refractivity contribution in [2.75, 3.05) is 19.0 Å². The molecule has 4 nitrogen and oxygen atoms in total. The van der Waals surface area contributed by atoms with Gasteiger partial charge in [0.15, 0.2) is 0 Å². The van der Waals surface area contributed by atoms with E-state index in [1.165, 1.54) is 32.1 Å². The Labute approximate surface area is 111 Å². The summed E-state index contributed by atoms with van der Waals surface area (Å²) in [5, 5.41) is 4.98. The minimum atomic E-state index is -3.31. The molecule has 0 aromatic rings. The van der Waals surface area contributed by atoms with E-state index in [-0.39, 0.29) is 5.75 Å². The maximum Gasteiger partial charge on any atom is 0.209 e. The molecular formula is C13H27NO3S. The molecule has 1 unspecified atom stereocenters. The highest BCUT2D eigenvalue weighted by molar-refractivity contribution is 7.89. The monoisotopic (exact) mass is 277 g/mol. The SMILES string of the molecule is CC(CCOCC1CCCCC1)CCS(N)(=O)=O. The average Bonchev–Trinajstić information content (AvgIpc) is 2.33. The third kappa shape index (κ3) is 8.06. The molecule has 1 rings (SSSR count). The molecule has 18 heavy (non-hydrogen) atoms. The summed E-state index contributed by atoms with van der Waals surface area (Å²) in [6, 6.07) is 0. The summed E-state index contributed by atoms with van der Waals surface area (Å²) in [4.78, 5) is 0. The highest BCUT2D eigenvalue weighted by Gasteiger charge is 2.13. The molecule has 1 fully saturated rings. The molecular weight excluding hydrogens is 250 g/mol. The molecule has 0 aliphatic heterocycles. The molecule has 108 valence electrons. The van der Waals surface area contributed by atoms with Crippen molar-refractivity contribution < 1.29 is 13.2 Å². The predicted octanol–water partition coefficient (Wildman–Crippen LogP) is 2.29. The first-order chi connectivity index (χ1) is 8.47. The van der Waals surface area contributed by atoms with E-state index in [1.54, 1.807) is 0 Å². The quantitative estimate of drug-likeness (QED) is 0.692. The zero-order valence-corrected chi connectivity index (χ0v) is 12.3. The van der Waals surface area contributed by atoms with E-state index in [2.05, 4.69) is 6.92 Å². The number of nitrogens with two attached hydrogens (primary N) is 1. The first-order valence-corrected chi connectivity index (χ1v) is 8.77. The third-order valence-electron chi connectivity index (χ3n) is 3.73. The Bertz CT molecular complexity index is 310. The van der Waals surface area contributed by atoms with Crippen LogP contribution in [0.15, 0.2) is 0 Å². The van der Waals surface area contributed by atoms with Gasteiger partial charge in [-0.05, 0) is 37.5 Å². The molecule has 0 aromatic heterocycles. The van der Waals surface area contributed by atoms with E-state index >= 15 is 0 Å². The number of hydrogen-bond donors (Lipinski definition) is 1. The number of ether oxygens (including phenoxy) is 1. The van der Waals surface area contributed by atoms with Crippen molar-refractivity contribution >= 4 is 10.0 Å². The Morgan fingerprint density at radius 1 is 1.22 bits per heavy atom. The molecule has 2 N–H and O–H groups in total. The third-order valence-corrected chi connectivity index (χ3v) is 4.53. The van der Waals surface area contributed by atoms with Crippen LogP contribution in [0.1, 0.15) is 51.9 Å². The smallest absolute Gasteiger partial charge is 0.209 e. The van der Waals surface area contributed by atoms with E-state index in [9.17, 15) is 8.42 Å². The summed E-state index contributed by atoms with van der Waals surface area (Å²) in [6.45, 7) is 3.67. The largest absolute Gasteiger partial charge is 0.381 e. The van der Waals surface area contributed by atoms with E-state index < -0.39 is 10.0 Å². The molecule has 0 heterocycles. The van der Waals surface area contributed by atoms with Crippen molar-refractivity contribution in [2.45, 2.75) is 51.9 Å². The van der Waals surface area contributed by atoms with Crippen LogP contribution < -0.4 is 5.14 Å². The van der Waals surface area contributed by atoms with Crippen LogP contribution in [-0.2, 0) is 14.8 Å². The van der Waals surface area contributed by atoms with Crippen LogP contribution in [0, 0.1) is 11.8 Å². The first-order valence-electron chi connectivity index (χ1n) is 7.05. The second-order valence-corrected chi connectivity index (χ2v) is 7.36. The highest BCUT2D eigenvalue weighted by Crippen LogP contribution is 2.23. The van der Waals surface area contributed by atoms with Gasteiger partial charge in [0.25, 0.3) is 0 Å². The van der Waals surface area contributed by atoms with E-state index in [0.29, 0.717) is 12.3 Å². The van der Waals surface area contributed by atoms with Gasteiger partial charge >= 0.3 is 0 Å². The molecule has 0 spiro atoms. The van der Waals surface area contributed by atoms with E-state index in [1.807, 2.05) is 0 Å². The van der Waals surface area contributed by atoms with Gasteiger partial charge in [-0.1, -0.05) is 26.2 Å². The second-order valence-electron chi connectivity index (χ2n) is 5.63. The molecule has 1 aliphatic carbocycles. The van der Waals surface area contributed by atoms with Gasteiger partial charge in [0.1, 0.15) is 0 Å². The maximum atomic E-state index is 10.8. The molecule has 0 bridgehead atoms. The zero-order valence-electron chi connectivity index (χ0n) is 11.4. The van der Waals surface area contributed by atoms with Crippen LogP contribution in [0.5, 0.6) is 0 Å². The Hall–Kier alpha value is -0.130. The van der Waals surface area contributed by atoms with Gasteiger partial charge < -0.3 is 4.74 Å². The van der Waals surface area contributed by atoms with Crippen LogP contribution in [0.4, 0.5) is 0 Å². The van der Waals surface area contributed by atoms with Gasteiger partial charge in [0.2, 0.25) is 10.0 Å². The molecule has 5 heteroatoms. The van der Waals surface area contributed by atoms with E-state index in [4.69, 9.17) is 9.88 Å². The fourth-order valence-electron chi connectivity index (χ4n) is 2.40. The van der Waals surface area contributed by atoms with Crippen molar-refractivity contribution in [2.24, 2.45) is 17.0 Å². The van der Waals surface area contributed by atoms with E-state index in [0.717, 1.165) is 25.6 Å². The van der Waals surface area contributed by atoms with Crippen molar-refractivity contribution in [3.05, 3.63) is 0 Å². The highest BCUT2D eigenvalue weighted by atomic mass is 32.2. The minimum absolute atomic E-state index is 0.0802. The molecule has 1 atom stereocenters. The lowest BCUT2D eigenvalue weighted by molar-refractivity contribution is 0.0768. The van der Waals surface area contributed by atoms with Crippen LogP contribution in [-0.4, -0.2) is 27.4 Å². The van der Waals surface area contributed by atoms with Gasteiger partial charge in [-0.15, -0.1) is 0 Å². The molecule has 0 aromatic carbocycles. The van der Waals surface area contributed by atoms with Gasteiger partial charge in [-0.2, -0.15) is 0 Å². The fourth-order valence-corrected chi connectivity index (χ4v) is 3.13. The number of hydrogen-bond acceptors (Lipinski definition) is 3. The van der Waals surface area contributed by atoms with Crippen LogP contribution in [0.2, 0.25) is 0 Å². The number of primary sulfonamides is 1. The molecule has 1 saturated carbocycles. The maximum absolute atomic E-state index is 10.8. The van der Waals surface area contributed by atoms with Crippen molar-refractivity contribution in [3.63, 3.8) is 0 Å². The summed E-state index contributed by atoms with van der Waals surface area (Å²) < 4.78 is 27.3. The first kappa shape index (κ1) is 15.9. The normalized spacial score (nSPS) is 19.9. The minimum Gasteiger partial charge on any atom is -0.381 e. The van der Waals surface area contributed by atoms with Gasteiger partial charge in [-0.3, -0.25) is 0 Å². The number of rotatable bonds is 8. The summed E-state index contributed by atoms with van der Waals surface area (Å²) in [5.74, 6) is 1.18. The predicted molar refractivity (Wildman–Crippen MR) is 73.8 cm³/mol. The summed E-state index contributed by atoms with van der Waals surface area (Å²) >= 11 is 0. The lowest BCUT2D eigenvalue weighted by Crippen LogP contribution is -2.19. The van der Waals surface area contributed by atoms with Crippen molar-refractivity contribution in [1.82, 2.24) is 0 Å². The molecule has 1 aliphatic rings. The van der Waals surface area contributed by atoms with Crippen molar-refractivity contribution in [1.29, 1.82) is 0 Å². The zero-order chi connectivity index (χ0) is 13.4. The summed E-state index contributed by atoms with van der Waals surface area (Å²) in [6.07, 6.45) is 8.23. The lowest BCUT2D eigenvalue weighted by atomic mass is 9.90. The second kappa shape index (κ2) is 8.12. The van der Waals surface area contributed by atoms with Gasteiger partial charge in [0.05, 0.1) is 5.75 Å². The molecule has 0 radical (unpaired) electrons. The molecule has 0 amide bonds. The van der Waals surface area contributed by atoms with Crippen LogP contribution in [0.25, 0.3) is 0 Å². The van der Waals surface area contributed by atoms with Gasteiger partial charge in [0, 0.05) is 13.2 Å². The summed E-state index contributed by atoms with van der Waals surface area (Å²) in [7, 11) is -3.31. The average molecular weight is 277 g/mol. The number of sulfonamides is 1. The Balaban J connectivity index is 1.99. The lowest BCUT2D eigenvalue weighted by Gasteiger charge is -2.21. The van der Waals surface area contributed by atoms with Gasteiger partial charge in [-0.25, -0.2) is 13.6 Å². The van der Waals surface area contributed by atoms with Crippen LogP contribution >= 0.6 is 0 Å². The Kier molecular flexibility index (Phi) is 7.19. The topological polar surface area (TPSA) is 69.4 Å². The Morgan fingerprint density at radius 2 is 1.89 bits per heavy atom. The summed E-state index contributed by atoms with van der Waals surface area (Å²) in [5.41, 5.74) is 0.